The highest BCUT2D eigenvalue weighted by molar-refractivity contribution is 5.82. The topological polar surface area (TPSA) is 122 Å². The Kier molecular flexibility index (Phi) is 17.1. The van der Waals surface area contributed by atoms with Crippen LogP contribution >= 0.6 is 0 Å². The van der Waals surface area contributed by atoms with Crippen LogP contribution in [-0.2, 0) is 23.8 Å². The maximum atomic E-state index is 11.5. The smallest absolute Gasteiger partial charge is 0.409 e. The fourth-order valence-corrected chi connectivity index (χ4v) is 2.78. The van der Waals surface area contributed by atoms with Crippen LogP contribution in [-0.4, -0.2) is 111 Å². The van der Waals surface area contributed by atoms with E-state index in [0.717, 1.165) is 13.1 Å². The van der Waals surface area contributed by atoms with Crippen molar-refractivity contribution in [2.75, 3.05) is 71.5 Å². The van der Waals surface area contributed by atoms with Crippen LogP contribution in [0.5, 0.6) is 0 Å². The summed E-state index contributed by atoms with van der Waals surface area (Å²) in [6.07, 6.45) is 2.87. The summed E-state index contributed by atoms with van der Waals surface area (Å²) >= 11 is 0. The first-order valence-electron chi connectivity index (χ1n) is 11.3. The molecule has 1 N–H and O–H groups in total. The summed E-state index contributed by atoms with van der Waals surface area (Å²) in [7, 11) is 4.02. The van der Waals surface area contributed by atoms with E-state index < -0.39 is 18.0 Å². The van der Waals surface area contributed by atoms with E-state index in [0.29, 0.717) is 39.5 Å². The number of nitrogens with zero attached hydrogens (tertiary/aromatic N) is 4. The van der Waals surface area contributed by atoms with Crippen LogP contribution in [0.25, 0.3) is 0 Å². The number of piperazine rings is 1. The van der Waals surface area contributed by atoms with Gasteiger partial charge in [-0.05, 0) is 26.0 Å². The largest absolute Gasteiger partial charge is 0.450 e. The third-order valence-corrected chi connectivity index (χ3v) is 4.35. The molecule has 1 unspecified atom stereocenters. The second-order valence-electron chi connectivity index (χ2n) is 7.48. The quantitative estimate of drug-likeness (QED) is 0.449. The summed E-state index contributed by atoms with van der Waals surface area (Å²) < 4.78 is 14.1. The van der Waals surface area contributed by atoms with Gasteiger partial charge in [0.15, 0.2) is 0 Å². The lowest BCUT2D eigenvalue weighted by Crippen LogP contribution is -2.50. The van der Waals surface area contributed by atoms with Crippen molar-refractivity contribution >= 4 is 23.7 Å². The molecular weight excluding hydrogens is 444 g/mol. The highest BCUT2D eigenvalue weighted by Gasteiger charge is 2.23. The molecule has 1 atom stereocenters. The maximum absolute atomic E-state index is 11.5. The Morgan fingerprint density at radius 1 is 1.03 bits per heavy atom. The fraction of sp³-hybridized carbons (Fsp3) is 0.652. The van der Waals surface area contributed by atoms with Crippen molar-refractivity contribution in [3.8, 4) is 0 Å². The molecule has 1 saturated heterocycles. The normalized spacial score (nSPS) is 13.9. The standard InChI is InChI=1S/C12H24N2O4.C7H10N2.C4H6O3/c1-3-17-10-11(15)9-13-5-7-14(8-6-13)12(16)18-4-2;1-9(2)7-3-5-8-6-4-7;1-3(5)7-4(2)6/h11,15H,3-10H2,1-2H3;3-6H,1-2H3;1-2H3. The minimum Gasteiger partial charge on any atom is -0.450 e. The highest BCUT2D eigenvalue weighted by atomic mass is 16.6. The number of pyridine rings is 1. The van der Waals surface area contributed by atoms with Gasteiger partial charge in [0.05, 0.1) is 19.3 Å². The summed E-state index contributed by atoms with van der Waals surface area (Å²) in [6.45, 7) is 10.9. The molecule has 0 aromatic carbocycles. The van der Waals surface area contributed by atoms with Gasteiger partial charge in [0.25, 0.3) is 0 Å². The number of β-amino-alcohol motifs (C(OH)–C–C–N with tert-alkyl or cyclic N) is 1. The predicted octanol–water partition coefficient (Wildman–Crippen LogP) is 1.40. The minimum absolute atomic E-state index is 0.244. The zero-order valence-electron chi connectivity index (χ0n) is 21.2. The lowest BCUT2D eigenvalue weighted by molar-refractivity contribution is -0.156. The Hall–Kier alpha value is -2.76. The monoisotopic (exact) mass is 484 g/mol. The van der Waals surface area contributed by atoms with Gasteiger partial charge in [-0.25, -0.2) is 4.79 Å². The van der Waals surface area contributed by atoms with Crippen LogP contribution in [0.3, 0.4) is 0 Å². The predicted molar refractivity (Wildman–Crippen MR) is 129 cm³/mol. The first-order chi connectivity index (χ1) is 16.1. The van der Waals surface area contributed by atoms with Gasteiger partial charge < -0.3 is 29.1 Å². The van der Waals surface area contributed by atoms with Gasteiger partial charge in [0, 0.05) is 85.4 Å². The molecule has 34 heavy (non-hydrogen) atoms. The van der Waals surface area contributed by atoms with Gasteiger partial charge in [0.2, 0.25) is 0 Å². The average molecular weight is 485 g/mol. The number of carbonyl (C=O) groups excluding carboxylic acids is 3. The van der Waals surface area contributed by atoms with E-state index in [1.54, 1.807) is 24.2 Å². The van der Waals surface area contributed by atoms with Crippen molar-refractivity contribution in [3.63, 3.8) is 0 Å². The SMILES string of the molecule is CC(=O)OC(C)=O.CCOCC(O)CN1CCN(C(=O)OCC)CC1.CN(C)c1ccncc1. The van der Waals surface area contributed by atoms with Gasteiger partial charge in [-0.15, -0.1) is 0 Å². The Morgan fingerprint density at radius 2 is 1.59 bits per heavy atom. The van der Waals surface area contributed by atoms with Gasteiger partial charge in [-0.2, -0.15) is 0 Å². The van der Waals surface area contributed by atoms with Crippen LogP contribution in [0, 0.1) is 0 Å². The van der Waals surface area contributed by atoms with E-state index in [1.807, 2.05) is 38.1 Å². The third-order valence-electron chi connectivity index (χ3n) is 4.35. The lowest BCUT2D eigenvalue weighted by atomic mass is 10.3. The molecule has 1 aliphatic heterocycles. The van der Waals surface area contributed by atoms with Crippen molar-refractivity contribution in [2.24, 2.45) is 0 Å². The molecule has 194 valence electrons. The van der Waals surface area contributed by atoms with Gasteiger partial charge in [0.1, 0.15) is 0 Å². The first kappa shape index (κ1) is 31.2. The highest BCUT2D eigenvalue weighted by Crippen LogP contribution is 2.06. The number of hydrogen-bond donors (Lipinski definition) is 1. The molecule has 1 aromatic rings. The van der Waals surface area contributed by atoms with Crippen LogP contribution in [0.4, 0.5) is 10.5 Å². The van der Waals surface area contributed by atoms with Crippen molar-refractivity contribution in [3.05, 3.63) is 24.5 Å². The number of esters is 2. The number of amides is 1. The Labute approximate surface area is 202 Å². The lowest BCUT2D eigenvalue weighted by Gasteiger charge is -2.34. The summed E-state index contributed by atoms with van der Waals surface area (Å²) in [5.74, 6) is -1.12. The van der Waals surface area contributed by atoms with E-state index in [-0.39, 0.29) is 6.09 Å². The van der Waals surface area contributed by atoms with Gasteiger partial charge in [-0.1, -0.05) is 0 Å². The molecule has 1 aliphatic rings. The van der Waals surface area contributed by atoms with E-state index in [1.165, 1.54) is 19.5 Å². The van der Waals surface area contributed by atoms with Crippen LogP contribution in [0.2, 0.25) is 0 Å². The van der Waals surface area contributed by atoms with E-state index in [4.69, 9.17) is 9.47 Å². The Balaban J connectivity index is 0.000000563. The van der Waals surface area contributed by atoms with Gasteiger partial charge in [-0.3, -0.25) is 19.5 Å². The molecule has 11 heteroatoms. The molecular formula is C23H40N4O7. The summed E-state index contributed by atoms with van der Waals surface area (Å²) in [6, 6.07) is 3.94. The van der Waals surface area contributed by atoms with Crippen molar-refractivity contribution in [1.29, 1.82) is 0 Å². The number of carbonyl (C=O) groups is 3. The summed E-state index contributed by atoms with van der Waals surface area (Å²) in [5, 5.41) is 9.72. The number of aliphatic hydroxyl groups is 1. The minimum atomic E-state index is -0.562. The molecule has 0 aliphatic carbocycles. The van der Waals surface area contributed by atoms with Crippen molar-refractivity contribution < 1.29 is 33.7 Å². The molecule has 1 fully saturated rings. The van der Waals surface area contributed by atoms with Crippen LogP contribution in [0.15, 0.2) is 24.5 Å². The fourth-order valence-electron chi connectivity index (χ4n) is 2.78. The summed E-state index contributed by atoms with van der Waals surface area (Å²) in [5.41, 5.74) is 1.19. The van der Waals surface area contributed by atoms with Crippen LogP contribution < -0.4 is 4.90 Å². The van der Waals surface area contributed by atoms with Gasteiger partial charge >= 0.3 is 18.0 Å². The molecule has 0 spiro atoms. The number of hydrogen-bond acceptors (Lipinski definition) is 10. The second-order valence-corrected chi connectivity index (χ2v) is 7.48. The molecule has 0 radical (unpaired) electrons. The number of aliphatic hydroxyl groups excluding tert-OH is 1. The Bertz CT molecular complexity index is 684. The van der Waals surface area contributed by atoms with Crippen molar-refractivity contribution in [2.45, 2.75) is 33.8 Å². The molecule has 2 rings (SSSR count). The average Bonchev–Trinajstić information content (AvgIpc) is 2.79. The van der Waals surface area contributed by atoms with Crippen molar-refractivity contribution in [1.82, 2.24) is 14.8 Å². The van der Waals surface area contributed by atoms with Crippen LogP contribution in [0.1, 0.15) is 27.7 Å². The number of aromatic nitrogens is 1. The first-order valence-corrected chi connectivity index (χ1v) is 11.3. The number of ether oxygens (including phenoxy) is 3. The van der Waals surface area contributed by atoms with E-state index in [2.05, 4.69) is 14.6 Å². The number of rotatable bonds is 7. The van der Waals surface area contributed by atoms with E-state index in [9.17, 15) is 19.5 Å². The third kappa shape index (κ3) is 15.9. The maximum Gasteiger partial charge on any atom is 0.409 e. The summed E-state index contributed by atoms with van der Waals surface area (Å²) in [4.78, 5) is 40.9. The molecule has 0 saturated carbocycles. The zero-order chi connectivity index (χ0) is 25.9. The molecule has 0 bridgehead atoms. The Morgan fingerprint density at radius 3 is 1.97 bits per heavy atom. The number of anilines is 1. The zero-order valence-corrected chi connectivity index (χ0v) is 21.2. The molecule has 2 heterocycles. The molecule has 1 amide bonds. The van der Waals surface area contributed by atoms with E-state index >= 15 is 0 Å². The molecule has 11 nitrogen and oxygen atoms in total. The second kappa shape index (κ2) is 18.6. The molecule has 1 aromatic heterocycles.